The molecule has 1 atom stereocenters. The first-order chi connectivity index (χ1) is 17.3. The van der Waals surface area contributed by atoms with Crippen molar-refractivity contribution in [3.63, 3.8) is 0 Å². The summed E-state index contributed by atoms with van der Waals surface area (Å²) in [5.41, 5.74) is 7.36. The highest BCUT2D eigenvalue weighted by atomic mass is 32.2. The second-order valence-corrected chi connectivity index (χ2v) is 12.3. The van der Waals surface area contributed by atoms with Gasteiger partial charge in [0.05, 0.1) is 4.91 Å². The average molecular weight is 520 g/mol. The molecule has 1 N–H and O–H groups in total. The first-order valence-electron chi connectivity index (χ1n) is 12.8. The monoisotopic (exact) mass is 519 g/mol. The van der Waals surface area contributed by atoms with Gasteiger partial charge < -0.3 is 10.2 Å². The van der Waals surface area contributed by atoms with Crippen LogP contribution >= 0.6 is 11.8 Å². The third-order valence-corrected chi connectivity index (χ3v) is 8.34. The number of fused-ring (bicyclic) bond motifs is 1. The molecule has 2 aliphatic heterocycles. The zero-order valence-corrected chi connectivity index (χ0v) is 23.9. The first-order valence-corrected chi connectivity index (χ1v) is 13.7. The van der Waals surface area contributed by atoms with E-state index in [4.69, 9.17) is 0 Å². The molecule has 0 spiro atoms. The van der Waals surface area contributed by atoms with E-state index in [0.29, 0.717) is 22.6 Å². The van der Waals surface area contributed by atoms with E-state index < -0.39 is 17.1 Å². The molecule has 4 rings (SSSR count). The Morgan fingerprint density at radius 1 is 1.11 bits per heavy atom. The molecule has 7 heteroatoms. The van der Waals surface area contributed by atoms with E-state index in [1.807, 2.05) is 39.0 Å². The maximum Gasteiger partial charge on any atom is 0.294 e. The van der Waals surface area contributed by atoms with Gasteiger partial charge in [0.25, 0.3) is 11.1 Å². The molecular weight excluding hydrogens is 482 g/mol. The fourth-order valence-electron chi connectivity index (χ4n) is 5.69. The molecule has 2 aromatic rings. The van der Waals surface area contributed by atoms with Gasteiger partial charge in [-0.05, 0) is 131 Å². The van der Waals surface area contributed by atoms with Crippen molar-refractivity contribution in [2.24, 2.45) is 0 Å². The number of rotatable bonds is 5. The predicted molar refractivity (Wildman–Crippen MR) is 153 cm³/mol. The number of hydrogen-bond donors (Lipinski definition) is 1. The van der Waals surface area contributed by atoms with Crippen molar-refractivity contribution in [3.8, 4) is 0 Å². The average Bonchev–Trinajstić information content (AvgIpc) is 3.03. The van der Waals surface area contributed by atoms with Gasteiger partial charge >= 0.3 is 0 Å². The van der Waals surface area contributed by atoms with Crippen LogP contribution < -0.4 is 10.2 Å². The van der Waals surface area contributed by atoms with E-state index in [9.17, 15) is 14.4 Å². The Balaban J connectivity index is 1.56. The van der Waals surface area contributed by atoms with Gasteiger partial charge in [-0.15, -0.1) is 0 Å². The largest absolute Gasteiger partial charge is 0.364 e. The lowest BCUT2D eigenvalue weighted by atomic mass is 9.78. The number of aryl methyl sites for hydroxylation is 3. The number of anilines is 2. The molecule has 196 valence electrons. The predicted octanol–water partition coefficient (Wildman–Crippen LogP) is 6.79. The van der Waals surface area contributed by atoms with Crippen molar-refractivity contribution in [1.82, 2.24) is 4.90 Å². The number of hydrogen-bond acceptors (Lipinski definition) is 5. The van der Waals surface area contributed by atoms with Crippen LogP contribution in [0.2, 0.25) is 0 Å². The molecule has 2 aliphatic rings. The molecular formula is C30H37N3O3S. The maximum atomic E-state index is 13.1. The van der Waals surface area contributed by atoms with Gasteiger partial charge in [0, 0.05) is 23.0 Å². The number of amides is 3. The highest BCUT2D eigenvalue weighted by molar-refractivity contribution is 8.18. The Bertz CT molecular complexity index is 1310. The van der Waals surface area contributed by atoms with Crippen molar-refractivity contribution in [3.05, 3.63) is 63.1 Å². The Hall–Kier alpha value is -3.06. The number of carbonyl (C=O) groups excluding carboxylic acids is 3. The number of nitrogens with one attached hydrogen (secondary N) is 1. The molecule has 2 heterocycles. The number of imide groups is 1. The SMILES string of the molecule is Cc1ccc(NC(=O)CN2C(=O)S/C(=C\c3cc4c(cc3C)N(C(C)C)C(C)(C)C[C@@H]4C)C2=O)cc1C. The van der Waals surface area contributed by atoms with Crippen molar-refractivity contribution < 1.29 is 14.4 Å². The van der Waals surface area contributed by atoms with Crippen LogP contribution in [0, 0.1) is 20.8 Å². The summed E-state index contributed by atoms with van der Waals surface area (Å²) in [4.78, 5) is 42.3. The van der Waals surface area contributed by atoms with E-state index in [1.165, 1.54) is 11.3 Å². The molecule has 0 unspecified atom stereocenters. The highest BCUT2D eigenvalue weighted by Gasteiger charge is 2.39. The number of carbonyl (C=O) groups is 3. The summed E-state index contributed by atoms with van der Waals surface area (Å²) in [5, 5.41) is 2.36. The minimum Gasteiger partial charge on any atom is -0.364 e. The molecule has 3 amide bonds. The van der Waals surface area contributed by atoms with Crippen molar-refractivity contribution >= 4 is 46.3 Å². The lowest BCUT2D eigenvalue weighted by molar-refractivity contribution is -0.127. The standard InChI is InChI=1S/C30H37N3O3S/c1-17(2)33-25-12-20(5)22(13-24(25)21(6)15-30(33,7)8)14-26-28(35)32(29(36)37-26)16-27(34)31-23-10-9-18(3)19(4)11-23/h9-14,17,21H,15-16H2,1-8H3,(H,31,34)/b26-14-/t21-/m0/s1. The lowest BCUT2D eigenvalue weighted by Gasteiger charge is -2.50. The maximum absolute atomic E-state index is 13.1. The molecule has 1 saturated heterocycles. The van der Waals surface area contributed by atoms with Crippen LogP contribution in [0.25, 0.3) is 6.08 Å². The van der Waals surface area contributed by atoms with Gasteiger partial charge in [-0.3, -0.25) is 19.3 Å². The Kier molecular flexibility index (Phi) is 7.30. The number of benzene rings is 2. The van der Waals surface area contributed by atoms with Crippen LogP contribution in [-0.4, -0.2) is 40.1 Å². The molecule has 0 bridgehead atoms. The van der Waals surface area contributed by atoms with Gasteiger partial charge in [-0.2, -0.15) is 0 Å². The third-order valence-electron chi connectivity index (χ3n) is 7.43. The van der Waals surface area contributed by atoms with Crippen molar-refractivity contribution in [2.45, 2.75) is 79.3 Å². The van der Waals surface area contributed by atoms with Gasteiger partial charge in [0.2, 0.25) is 5.91 Å². The second-order valence-electron chi connectivity index (χ2n) is 11.3. The smallest absolute Gasteiger partial charge is 0.294 e. The molecule has 0 saturated carbocycles. The second kappa shape index (κ2) is 10.0. The van der Waals surface area contributed by atoms with Crippen molar-refractivity contribution in [1.29, 1.82) is 0 Å². The Morgan fingerprint density at radius 2 is 1.81 bits per heavy atom. The minimum absolute atomic E-state index is 0.0506. The quantitative estimate of drug-likeness (QED) is 0.441. The van der Waals surface area contributed by atoms with E-state index in [2.05, 4.69) is 57.0 Å². The topological polar surface area (TPSA) is 69.7 Å². The molecule has 37 heavy (non-hydrogen) atoms. The number of thioether (sulfide) groups is 1. The minimum atomic E-state index is -0.430. The van der Waals surface area contributed by atoms with Crippen LogP contribution in [0.15, 0.2) is 35.2 Å². The van der Waals surface area contributed by atoms with Gasteiger partial charge in [-0.25, -0.2) is 0 Å². The summed E-state index contributed by atoms with van der Waals surface area (Å²) in [6.07, 6.45) is 2.83. The van der Waals surface area contributed by atoms with E-state index in [1.54, 1.807) is 6.08 Å². The molecule has 1 fully saturated rings. The first kappa shape index (κ1) is 27.0. The lowest BCUT2D eigenvalue weighted by Crippen LogP contribution is -2.51. The molecule has 6 nitrogen and oxygen atoms in total. The van der Waals surface area contributed by atoms with Gasteiger partial charge in [-0.1, -0.05) is 13.0 Å². The van der Waals surface area contributed by atoms with E-state index >= 15 is 0 Å². The summed E-state index contributed by atoms with van der Waals surface area (Å²) in [5.74, 6) is -0.459. The zero-order chi connectivity index (χ0) is 27.2. The van der Waals surface area contributed by atoms with Crippen LogP contribution in [0.3, 0.4) is 0 Å². The van der Waals surface area contributed by atoms with Crippen LogP contribution in [0.5, 0.6) is 0 Å². The van der Waals surface area contributed by atoms with Gasteiger partial charge in [0.1, 0.15) is 6.54 Å². The highest BCUT2D eigenvalue weighted by Crippen LogP contribution is 2.46. The van der Waals surface area contributed by atoms with Crippen LogP contribution in [-0.2, 0) is 9.59 Å². The fourth-order valence-corrected chi connectivity index (χ4v) is 6.52. The zero-order valence-electron chi connectivity index (χ0n) is 23.1. The third kappa shape index (κ3) is 5.33. The summed E-state index contributed by atoms with van der Waals surface area (Å²) >= 11 is 0.890. The summed E-state index contributed by atoms with van der Waals surface area (Å²) in [6.45, 7) is 17.0. The fraction of sp³-hybridized carbons (Fsp3) is 0.433. The molecule has 0 radical (unpaired) electrons. The van der Waals surface area contributed by atoms with Crippen molar-refractivity contribution in [2.75, 3.05) is 16.8 Å². The van der Waals surface area contributed by atoms with Crippen LogP contribution in [0.1, 0.15) is 74.8 Å². The van der Waals surface area contributed by atoms with Crippen LogP contribution in [0.4, 0.5) is 16.2 Å². The normalized spacial score (nSPS) is 20.1. The number of nitrogens with zero attached hydrogens (tertiary/aromatic N) is 2. The van der Waals surface area contributed by atoms with E-state index in [-0.39, 0.29) is 12.1 Å². The summed E-state index contributed by atoms with van der Waals surface area (Å²) < 4.78 is 0. The molecule has 0 aromatic heterocycles. The summed E-state index contributed by atoms with van der Waals surface area (Å²) in [7, 11) is 0. The van der Waals surface area contributed by atoms with E-state index in [0.717, 1.165) is 45.3 Å². The summed E-state index contributed by atoms with van der Waals surface area (Å²) in [6, 6.07) is 10.4. The Morgan fingerprint density at radius 3 is 2.46 bits per heavy atom. The molecule has 2 aromatic carbocycles. The van der Waals surface area contributed by atoms with Gasteiger partial charge in [0.15, 0.2) is 0 Å². The molecule has 0 aliphatic carbocycles. The Labute approximate surface area is 224 Å².